The van der Waals surface area contributed by atoms with Crippen molar-refractivity contribution < 1.29 is 24.0 Å². The van der Waals surface area contributed by atoms with Gasteiger partial charge in [-0.05, 0) is 12.8 Å². The Kier molecular flexibility index (Phi) is 16.9. The second-order valence-corrected chi connectivity index (χ2v) is 8.17. The molecule has 208 valence electrons. The Bertz CT molecular complexity index is 664. The minimum Gasteiger partial charge on any atom is -0.337 e. The molecule has 0 rings (SSSR count). The third kappa shape index (κ3) is 17.8. The fourth-order valence-corrected chi connectivity index (χ4v) is 2.56. The maximum atomic E-state index is 12.6. The van der Waals surface area contributed by atoms with Gasteiger partial charge < -0.3 is 26.6 Å². The smallest absolute Gasteiger partial charge is 0.330 e. The fourth-order valence-electron chi connectivity index (χ4n) is 2.56. The van der Waals surface area contributed by atoms with Gasteiger partial charge in [0.2, 0.25) is 0 Å². The molecule has 36 heavy (non-hydrogen) atoms. The van der Waals surface area contributed by atoms with Crippen LogP contribution in [0.5, 0.6) is 0 Å². The molecule has 17 heteroatoms. The van der Waals surface area contributed by atoms with Gasteiger partial charge in [-0.3, -0.25) is 16.3 Å². The van der Waals surface area contributed by atoms with Crippen molar-refractivity contribution in [1.29, 1.82) is 0 Å². The van der Waals surface area contributed by atoms with Crippen molar-refractivity contribution >= 4 is 30.2 Å². The standard InChI is InChI=1S/C19H42N12O5/c1-28(2)25-15(32)20-11-9-7-8-10-12-31(18(35)23-13-21-16(33)26-29(3)4)19(36)24-14-22-17(34)27-30(5)6/h7-14H2,1-6H3,(H,23,35)(H,24,36)(H2,20,25,32)(H2,21,26,33)(H2,22,27,34). The van der Waals surface area contributed by atoms with E-state index in [2.05, 4.69) is 42.9 Å². The summed E-state index contributed by atoms with van der Waals surface area (Å²) in [5.74, 6) is 0. The Labute approximate surface area is 211 Å². The third-order valence-electron chi connectivity index (χ3n) is 4.04. The van der Waals surface area contributed by atoms with E-state index in [1.807, 2.05) is 0 Å². The molecule has 0 saturated carbocycles. The van der Waals surface area contributed by atoms with Gasteiger partial charge in [-0.2, -0.15) is 0 Å². The first-order valence-electron chi connectivity index (χ1n) is 11.4. The maximum absolute atomic E-state index is 12.6. The molecule has 0 heterocycles. The van der Waals surface area contributed by atoms with E-state index in [0.717, 1.165) is 17.7 Å². The summed E-state index contributed by atoms with van der Waals surface area (Å²) in [5, 5.41) is 16.9. The molecule has 0 aliphatic heterocycles. The van der Waals surface area contributed by atoms with Crippen LogP contribution in [-0.2, 0) is 0 Å². The molecule has 0 aliphatic carbocycles. The number of unbranched alkanes of at least 4 members (excludes halogenated alkanes) is 3. The number of amides is 10. The van der Waals surface area contributed by atoms with Gasteiger partial charge >= 0.3 is 30.2 Å². The number of hydrazine groups is 3. The van der Waals surface area contributed by atoms with Gasteiger partial charge in [0.1, 0.15) is 0 Å². The van der Waals surface area contributed by atoms with Crippen LogP contribution in [0.2, 0.25) is 0 Å². The summed E-state index contributed by atoms with van der Waals surface area (Å²) in [6, 6.07) is -2.77. The highest BCUT2D eigenvalue weighted by Gasteiger charge is 2.21. The van der Waals surface area contributed by atoms with E-state index in [4.69, 9.17) is 0 Å². The number of imide groups is 1. The summed E-state index contributed by atoms with van der Waals surface area (Å²) < 4.78 is 0. The molecule has 0 atom stereocenters. The summed E-state index contributed by atoms with van der Waals surface area (Å²) in [6.45, 7) is 0.199. The molecule has 0 aromatic carbocycles. The van der Waals surface area contributed by atoms with E-state index >= 15 is 0 Å². The zero-order valence-corrected chi connectivity index (χ0v) is 22.0. The molecule has 0 saturated heterocycles. The lowest BCUT2D eigenvalue weighted by Crippen LogP contribution is -2.54. The van der Waals surface area contributed by atoms with Gasteiger partial charge in [-0.1, -0.05) is 12.8 Å². The SMILES string of the molecule is CN(C)NC(=O)NCCCCCCN(C(=O)NCNC(=O)NN(C)C)C(=O)NCNC(=O)NN(C)C. The van der Waals surface area contributed by atoms with E-state index in [1.54, 1.807) is 42.3 Å². The molecule has 10 amide bonds. The molecule has 8 N–H and O–H groups in total. The lowest BCUT2D eigenvalue weighted by Gasteiger charge is -2.22. The van der Waals surface area contributed by atoms with Crippen molar-refractivity contribution in [3.05, 3.63) is 0 Å². The Morgan fingerprint density at radius 1 is 0.500 bits per heavy atom. The monoisotopic (exact) mass is 518 g/mol. The predicted octanol–water partition coefficient (Wildman–Crippen LogP) is -1.49. The van der Waals surface area contributed by atoms with Gasteiger partial charge in [0.25, 0.3) is 0 Å². The minimum atomic E-state index is -0.711. The fraction of sp³-hybridized carbons (Fsp3) is 0.737. The van der Waals surface area contributed by atoms with Crippen LogP contribution in [-0.4, -0.2) is 119 Å². The average molecular weight is 519 g/mol. The molecule has 0 spiro atoms. The lowest BCUT2D eigenvalue weighted by molar-refractivity contribution is 0.183. The summed E-state index contributed by atoms with van der Waals surface area (Å²) in [7, 11) is 9.94. The van der Waals surface area contributed by atoms with Crippen molar-refractivity contribution in [2.45, 2.75) is 25.7 Å². The number of hydrogen-bond donors (Lipinski definition) is 8. The molecule has 0 aromatic rings. The molecule has 0 aliphatic rings. The van der Waals surface area contributed by atoms with Crippen molar-refractivity contribution in [2.75, 3.05) is 68.7 Å². The van der Waals surface area contributed by atoms with E-state index in [0.29, 0.717) is 19.4 Å². The molecule has 17 nitrogen and oxygen atoms in total. The van der Waals surface area contributed by atoms with Gasteiger partial charge in [0, 0.05) is 55.4 Å². The number of rotatable bonds is 14. The Balaban J connectivity index is 4.60. The van der Waals surface area contributed by atoms with Crippen LogP contribution < -0.4 is 42.9 Å². The minimum absolute atomic E-state index is 0.111. The van der Waals surface area contributed by atoms with Crippen LogP contribution in [0, 0.1) is 0 Å². The van der Waals surface area contributed by atoms with E-state index in [-0.39, 0.29) is 25.9 Å². The van der Waals surface area contributed by atoms with Crippen molar-refractivity contribution in [3.8, 4) is 0 Å². The summed E-state index contributed by atoms with van der Waals surface area (Å²) in [6.07, 6.45) is 2.74. The summed E-state index contributed by atoms with van der Waals surface area (Å²) >= 11 is 0. The molecule has 0 bridgehead atoms. The van der Waals surface area contributed by atoms with Crippen LogP contribution in [0.3, 0.4) is 0 Å². The Morgan fingerprint density at radius 2 is 0.889 bits per heavy atom. The Hall–Kier alpha value is -3.57. The Morgan fingerprint density at radius 3 is 1.31 bits per heavy atom. The number of carbonyl (C=O) groups is 5. The van der Waals surface area contributed by atoms with Crippen LogP contribution in [0.15, 0.2) is 0 Å². The number of carbonyl (C=O) groups excluding carboxylic acids is 5. The molecular weight excluding hydrogens is 476 g/mol. The van der Waals surface area contributed by atoms with E-state index < -0.39 is 24.1 Å². The molecule has 0 aromatic heterocycles. The molecular formula is C19H42N12O5. The first-order chi connectivity index (χ1) is 16.9. The zero-order chi connectivity index (χ0) is 27.5. The number of nitrogens with one attached hydrogen (secondary N) is 8. The normalized spacial score (nSPS) is 10.5. The van der Waals surface area contributed by atoms with E-state index in [9.17, 15) is 24.0 Å². The number of nitrogens with zero attached hydrogens (tertiary/aromatic N) is 4. The van der Waals surface area contributed by atoms with Crippen LogP contribution in [0.1, 0.15) is 25.7 Å². The van der Waals surface area contributed by atoms with Crippen molar-refractivity contribution in [3.63, 3.8) is 0 Å². The van der Waals surface area contributed by atoms with Crippen molar-refractivity contribution in [1.82, 2.24) is 62.8 Å². The first kappa shape index (κ1) is 32.4. The van der Waals surface area contributed by atoms with Crippen LogP contribution in [0.25, 0.3) is 0 Å². The molecule has 0 fully saturated rings. The van der Waals surface area contributed by atoms with Gasteiger partial charge in [-0.15, -0.1) is 0 Å². The van der Waals surface area contributed by atoms with Gasteiger partial charge in [0.05, 0.1) is 13.3 Å². The summed E-state index contributed by atoms with van der Waals surface area (Å²) in [5.41, 5.74) is 7.48. The molecule has 0 unspecified atom stereocenters. The first-order valence-corrected chi connectivity index (χ1v) is 11.4. The predicted molar refractivity (Wildman–Crippen MR) is 133 cm³/mol. The maximum Gasteiger partial charge on any atom is 0.330 e. The highest BCUT2D eigenvalue weighted by Crippen LogP contribution is 2.03. The van der Waals surface area contributed by atoms with Crippen LogP contribution in [0.4, 0.5) is 24.0 Å². The largest absolute Gasteiger partial charge is 0.337 e. The topological polar surface area (TPSA) is 195 Å². The van der Waals surface area contributed by atoms with Gasteiger partial charge in [-0.25, -0.2) is 43.9 Å². The van der Waals surface area contributed by atoms with Crippen molar-refractivity contribution in [2.24, 2.45) is 0 Å². The number of hydrogen-bond acceptors (Lipinski definition) is 8. The highest BCUT2D eigenvalue weighted by molar-refractivity contribution is 5.93. The second-order valence-electron chi connectivity index (χ2n) is 8.17. The third-order valence-corrected chi connectivity index (χ3v) is 4.04. The van der Waals surface area contributed by atoms with Crippen LogP contribution >= 0.6 is 0 Å². The summed E-state index contributed by atoms with van der Waals surface area (Å²) in [4.78, 5) is 60.9. The quantitative estimate of drug-likeness (QED) is 0.0773. The second kappa shape index (κ2) is 18.7. The lowest BCUT2D eigenvalue weighted by atomic mass is 10.2. The highest BCUT2D eigenvalue weighted by atomic mass is 16.2. The molecule has 0 radical (unpaired) electrons. The zero-order valence-electron chi connectivity index (χ0n) is 22.0. The van der Waals surface area contributed by atoms with E-state index in [1.165, 1.54) is 15.0 Å². The number of urea groups is 5. The van der Waals surface area contributed by atoms with Gasteiger partial charge in [0.15, 0.2) is 0 Å². The average Bonchev–Trinajstić information content (AvgIpc) is 2.73.